The Kier molecular flexibility index (Phi) is 6.13. The third-order valence-corrected chi connectivity index (χ3v) is 5.32. The molecule has 3 fully saturated rings. The van der Waals surface area contributed by atoms with Crippen LogP contribution in [0.25, 0.3) is 0 Å². The van der Waals surface area contributed by atoms with Crippen LogP contribution in [-0.2, 0) is 19.0 Å². The molecule has 5 atom stereocenters. The number of piperidine rings is 1. The van der Waals surface area contributed by atoms with Gasteiger partial charge in [-0.1, -0.05) is 6.08 Å². The Hall–Kier alpha value is -1.68. The molecule has 0 aromatic heterocycles. The highest BCUT2D eigenvalue weighted by molar-refractivity contribution is 5.74. The first-order chi connectivity index (χ1) is 12.5. The predicted octanol–water partition coefficient (Wildman–Crippen LogP) is -0.790. The predicted molar refractivity (Wildman–Crippen MR) is 91.2 cm³/mol. The van der Waals surface area contributed by atoms with Crippen molar-refractivity contribution in [2.45, 2.75) is 43.4 Å². The number of carbonyl (C=O) groups excluding carboxylic acids is 2. The Morgan fingerprint density at radius 1 is 1.38 bits per heavy atom. The molecular weight excluding hydrogens is 342 g/mol. The fourth-order valence-corrected chi connectivity index (χ4v) is 3.93. The van der Waals surface area contributed by atoms with Crippen LogP contribution in [0.1, 0.15) is 12.8 Å². The Morgan fingerprint density at radius 3 is 2.77 bits per heavy atom. The van der Waals surface area contributed by atoms with E-state index in [1.807, 2.05) is 0 Å². The van der Waals surface area contributed by atoms with E-state index in [0.29, 0.717) is 39.1 Å². The average Bonchev–Trinajstić information content (AvgIpc) is 3.08. The Labute approximate surface area is 152 Å². The lowest BCUT2D eigenvalue weighted by Crippen LogP contribution is -2.66. The summed E-state index contributed by atoms with van der Waals surface area (Å²) in [5.74, 6) is -0.311. The molecule has 0 radical (unpaired) electrons. The summed E-state index contributed by atoms with van der Waals surface area (Å²) < 4.78 is 16.4. The summed E-state index contributed by atoms with van der Waals surface area (Å²) in [7, 11) is 1.40. The van der Waals surface area contributed by atoms with Gasteiger partial charge < -0.3 is 30.0 Å². The fourth-order valence-electron chi connectivity index (χ4n) is 3.93. The summed E-state index contributed by atoms with van der Waals surface area (Å²) >= 11 is 0. The van der Waals surface area contributed by atoms with Crippen molar-refractivity contribution in [1.29, 1.82) is 0 Å². The van der Waals surface area contributed by atoms with Gasteiger partial charge in [0, 0.05) is 6.54 Å². The summed E-state index contributed by atoms with van der Waals surface area (Å²) in [5, 5.41) is 16.3. The van der Waals surface area contributed by atoms with Gasteiger partial charge in [-0.25, -0.2) is 4.79 Å². The highest BCUT2D eigenvalue weighted by Gasteiger charge is 2.53. The van der Waals surface area contributed by atoms with Gasteiger partial charge in [-0.2, -0.15) is 0 Å². The van der Waals surface area contributed by atoms with Gasteiger partial charge >= 0.3 is 12.0 Å². The molecule has 9 nitrogen and oxygen atoms in total. The summed E-state index contributed by atoms with van der Waals surface area (Å²) in [4.78, 5) is 25.8. The second-order valence-corrected chi connectivity index (χ2v) is 6.86. The van der Waals surface area contributed by atoms with Crippen LogP contribution in [0.2, 0.25) is 0 Å². The average molecular weight is 369 g/mol. The molecule has 3 aliphatic heterocycles. The maximum Gasteiger partial charge on any atom is 0.315 e. The van der Waals surface area contributed by atoms with Crippen LogP contribution < -0.4 is 10.6 Å². The first kappa shape index (κ1) is 19.1. The van der Waals surface area contributed by atoms with E-state index in [-0.39, 0.29) is 24.0 Å². The number of fused-ring (bicyclic) bond motifs is 2. The van der Waals surface area contributed by atoms with E-state index >= 15 is 0 Å². The quantitative estimate of drug-likeness (QED) is 0.430. The highest BCUT2D eigenvalue weighted by atomic mass is 16.7. The van der Waals surface area contributed by atoms with Crippen molar-refractivity contribution in [2.75, 3.05) is 33.4 Å². The SMILES string of the molecule is C=CCNC(=O)NC1C2COC(O2)C(N2CCC(C(=O)OC)CC2)C1O. The molecule has 26 heavy (non-hydrogen) atoms. The number of ether oxygens (including phenoxy) is 3. The van der Waals surface area contributed by atoms with E-state index in [4.69, 9.17) is 14.2 Å². The van der Waals surface area contributed by atoms with E-state index in [2.05, 4.69) is 22.1 Å². The molecule has 3 heterocycles. The fraction of sp³-hybridized carbons (Fsp3) is 0.765. The number of likely N-dealkylation sites (tertiary alicyclic amines) is 1. The van der Waals surface area contributed by atoms with Crippen LogP contribution >= 0.6 is 0 Å². The molecule has 0 aromatic carbocycles. The molecule has 9 heteroatoms. The van der Waals surface area contributed by atoms with Crippen LogP contribution in [0, 0.1) is 5.92 Å². The van der Waals surface area contributed by atoms with Crippen molar-refractivity contribution in [1.82, 2.24) is 15.5 Å². The molecule has 3 N–H and O–H groups in total. The number of rotatable bonds is 5. The molecule has 2 amide bonds. The van der Waals surface area contributed by atoms with Crippen molar-refractivity contribution >= 4 is 12.0 Å². The number of methoxy groups -OCH3 is 1. The Morgan fingerprint density at radius 2 is 2.12 bits per heavy atom. The first-order valence-corrected chi connectivity index (χ1v) is 8.97. The van der Waals surface area contributed by atoms with Crippen molar-refractivity contribution in [2.24, 2.45) is 5.92 Å². The minimum atomic E-state index is -0.828. The standard InChI is InChI=1S/C17H27N3O6/c1-3-6-18-17(23)19-12-11-9-25-16(26-11)13(14(12)21)20-7-4-10(5-8-20)15(22)24-2/h3,10-14,16,21H,1,4-9H2,2H3,(H2,18,19,23). The van der Waals surface area contributed by atoms with Crippen LogP contribution in [-0.4, -0.2) is 85.9 Å². The van der Waals surface area contributed by atoms with E-state index in [1.165, 1.54) is 7.11 Å². The number of aliphatic hydroxyl groups excluding tert-OH is 1. The maximum absolute atomic E-state index is 12.0. The van der Waals surface area contributed by atoms with Crippen molar-refractivity contribution in [3.05, 3.63) is 12.7 Å². The monoisotopic (exact) mass is 369 g/mol. The number of hydrogen-bond donors (Lipinski definition) is 3. The van der Waals surface area contributed by atoms with Crippen molar-refractivity contribution in [3.63, 3.8) is 0 Å². The molecule has 0 aliphatic carbocycles. The number of amides is 2. The summed E-state index contributed by atoms with van der Waals surface area (Å²) in [6.07, 6.45) is 1.15. The summed E-state index contributed by atoms with van der Waals surface area (Å²) in [6.45, 7) is 5.47. The lowest BCUT2D eigenvalue weighted by atomic mass is 9.91. The zero-order chi connectivity index (χ0) is 18.7. The Balaban J connectivity index is 1.63. The molecule has 3 rings (SSSR count). The number of esters is 1. The molecule has 2 bridgehead atoms. The van der Waals surface area contributed by atoms with Gasteiger partial charge in [0.1, 0.15) is 6.10 Å². The third-order valence-electron chi connectivity index (χ3n) is 5.32. The van der Waals surface area contributed by atoms with Gasteiger partial charge in [0.25, 0.3) is 0 Å². The van der Waals surface area contributed by atoms with Gasteiger partial charge in [-0.3, -0.25) is 9.69 Å². The lowest BCUT2D eigenvalue weighted by Gasteiger charge is -2.45. The molecule has 5 unspecified atom stereocenters. The number of carbonyl (C=O) groups is 2. The number of nitrogens with zero attached hydrogens (tertiary/aromatic N) is 1. The van der Waals surface area contributed by atoms with Crippen molar-refractivity contribution in [3.8, 4) is 0 Å². The molecule has 3 saturated heterocycles. The zero-order valence-electron chi connectivity index (χ0n) is 14.9. The van der Waals surface area contributed by atoms with E-state index in [1.54, 1.807) is 6.08 Å². The highest BCUT2D eigenvalue weighted by Crippen LogP contribution is 2.33. The largest absolute Gasteiger partial charge is 0.469 e. The normalized spacial score (nSPS) is 34.9. The molecule has 146 valence electrons. The minimum Gasteiger partial charge on any atom is -0.469 e. The smallest absolute Gasteiger partial charge is 0.315 e. The minimum absolute atomic E-state index is 0.117. The molecule has 0 aromatic rings. The number of aliphatic hydroxyl groups is 1. The van der Waals surface area contributed by atoms with Crippen LogP contribution in [0.15, 0.2) is 12.7 Å². The number of nitrogens with one attached hydrogen (secondary N) is 2. The molecule has 0 saturated carbocycles. The topological polar surface area (TPSA) is 109 Å². The number of urea groups is 1. The molecule has 0 spiro atoms. The second kappa shape index (κ2) is 8.34. The molecule has 3 aliphatic rings. The van der Waals surface area contributed by atoms with Crippen LogP contribution in [0.4, 0.5) is 4.79 Å². The number of hydrogen-bond acceptors (Lipinski definition) is 7. The van der Waals surface area contributed by atoms with E-state index < -0.39 is 24.5 Å². The van der Waals surface area contributed by atoms with E-state index in [0.717, 1.165) is 0 Å². The molecular formula is C17H27N3O6. The van der Waals surface area contributed by atoms with Gasteiger partial charge in [0.15, 0.2) is 6.29 Å². The van der Waals surface area contributed by atoms with Gasteiger partial charge in [-0.05, 0) is 25.9 Å². The third kappa shape index (κ3) is 3.85. The van der Waals surface area contributed by atoms with Crippen LogP contribution in [0.5, 0.6) is 0 Å². The summed E-state index contributed by atoms with van der Waals surface area (Å²) in [5.41, 5.74) is 0. The van der Waals surface area contributed by atoms with E-state index in [9.17, 15) is 14.7 Å². The van der Waals surface area contributed by atoms with Crippen molar-refractivity contribution < 1.29 is 28.9 Å². The van der Waals surface area contributed by atoms with Crippen LogP contribution in [0.3, 0.4) is 0 Å². The van der Waals surface area contributed by atoms with Gasteiger partial charge in [0.2, 0.25) is 0 Å². The van der Waals surface area contributed by atoms with Gasteiger partial charge in [-0.15, -0.1) is 6.58 Å². The van der Waals surface area contributed by atoms with Gasteiger partial charge in [0.05, 0.1) is 37.8 Å². The second-order valence-electron chi connectivity index (χ2n) is 6.86. The lowest BCUT2D eigenvalue weighted by molar-refractivity contribution is -0.185. The summed E-state index contributed by atoms with van der Waals surface area (Å²) in [6, 6.07) is -1.34. The first-order valence-electron chi connectivity index (χ1n) is 8.97. The Bertz CT molecular complexity index is 537. The zero-order valence-corrected chi connectivity index (χ0v) is 14.9. The maximum atomic E-state index is 12.0.